The van der Waals surface area contributed by atoms with Crippen LogP contribution < -0.4 is 15.4 Å². The van der Waals surface area contributed by atoms with Crippen LogP contribution in [0.1, 0.15) is 24.0 Å². The average molecular weight is 529 g/mol. The lowest BCUT2D eigenvalue weighted by molar-refractivity contribution is -0.150. The van der Waals surface area contributed by atoms with E-state index >= 15 is 0 Å². The van der Waals surface area contributed by atoms with Crippen molar-refractivity contribution in [2.75, 3.05) is 38.7 Å². The van der Waals surface area contributed by atoms with E-state index in [2.05, 4.69) is 15.5 Å². The fraction of sp³-hybridized carbons (Fsp3) is 0.407. The second-order valence-electron chi connectivity index (χ2n) is 9.69. The number of carbonyl (C=O) groups is 2. The van der Waals surface area contributed by atoms with Gasteiger partial charge in [0.05, 0.1) is 43.1 Å². The van der Waals surface area contributed by atoms with Gasteiger partial charge in [-0.25, -0.2) is 9.18 Å². The van der Waals surface area contributed by atoms with E-state index in [-0.39, 0.29) is 35.9 Å². The summed E-state index contributed by atoms with van der Waals surface area (Å²) in [4.78, 5) is 29.9. The van der Waals surface area contributed by atoms with E-state index in [9.17, 15) is 14.0 Å². The number of morpholine rings is 1. The number of methoxy groups -OCH3 is 1. The predicted molar refractivity (Wildman–Crippen MR) is 139 cm³/mol. The summed E-state index contributed by atoms with van der Waals surface area (Å²) in [6.45, 7) is 2.93. The quantitative estimate of drug-likeness (QED) is 0.533. The van der Waals surface area contributed by atoms with Crippen LogP contribution in [0, 0.1) is 5.82 Å². The molecule has 196 valence electrons. The molecule has 3 fully saturated rings. The van der Waals surface area contributed by atoms with Crippen LogP contribution in [0.4, 0.5) is 14.9 Å². The van der Waals surface area contributed by atoms with Gasteiger partial charge in [-0.15, -0.1) is 0 Å². The number of anilines is 1. The van der Waals surface area contributed by atoms with Crippen molar-refractivity contribution in [2.24, 2.45) is 0 Å². The Morgan fingerprint density at radius 1 is 1.16 bits per heavy atom. The Kier molecular flexibility index (Phi) is 7.64. The zero-order valence-corrected chi connectivity index (χ0v) is 21.3. The molecule has 10 heteroatoms. The topological polar surface area (TPSA) is 83.1 Å². The summed E-state index contributed by atoms with van der Waals surface area (Å²) in [5.41, 5.74) is 2.13. The SMILES string of the molecule is COc1cc(C=CC(=O)N2C3COCC2CN(Cc2ccc(F)cc2)C3)c(NC(=O)NC2CC2)cc1Cl. The smallest absolute Gasteiger partial charge is 0.319 e. The summed E-state index contributed by atoms with van der Waals surface area (Å²) in [6, 6.07) is 9.54. The van der Waals surface area contributed by atoms with Gasteiger partial charge >= 0.3 is 6.03 Å². The molecule has 2 bridgehead atoms. The number of fused-ring (bicyclic) bond motifs is 2. The van der Waals surface area contributed by atoms with Crippen LogP contribution in [0.25, 0.3) is 6.08 Å². The molecule has 2 aromatic rings. The number of benzene rings is 2. The van der Waals surface area contributed by atoms with Gasteiger partial charge in [0.15, 0.2) is 0 Å². The number of nitrogens with one attached hydrogen (secondary N) is 2. The summed E-state index contributed by atoms with van der Waals surface area (Å²) < 4.78 is 24.4. The number of amides is 3. The maximum atomic E-state index is 13.4. The maximum absolute atomic E-state index is 13.4. The predicted octanol–water partition coefficient (Wildman–Crippen LogP) is 3.90. The summed E-state index contributed by atoms with van der Waals surface area (Å²) in [5, 5.41) is 6.08. The minimum atomic E-state index is -0.311. The van der Waals surface area contributed by atoms with Gasteiger partial charge in [0.25, 0.3) is 0 Å². The largest absolute Gasteiger partial charge is 0.495 e. The van der Waals surface area contributed by atoms with Gasteiger partial charge in [-0.2, -0.15) is 0 Å². The Labute approximate surface area is 220 Å². The minimum Gasteiger partial charge on any atom is -0.495 e. The van der Waals surface area contributed by atoms with Crippen molar-refractivity contribution in [1.82, 2.24) is 15.1 Å². The number of nitrogens with zero attached hydrogens (tertiary/aromatic N) is 2. The molecule has 0 spiro atoms. The first kappa shape index (κ1) is 25.5. The fourth-order valence-electron chi connectivity index (χ4n) is 4.88. The van der Waals surface area contributed by atoms with E-state index in [4.69, 9.17) is 21.1 Å². The third-order valence-electron chi connectivity index (χ3n) is 6.81. The number of ether oxygens (including phenoxy) is 2. The molecule has 2 aliphatic heterocycles. The van der Waals surface area contributed by atoms with Crippen molar-refractivity contribution in [3.8, 4) is 5.75 Å². The van der Waals surface area contributed by atoms with Crippen molar-refractivity contribution < 1.29 is 23.5 Å². The molecule has 2 unspecified atom stereocenters. The lowest BCUT2D eigenvalue weighted by atomic mass is 10.0. The first-order valence-electron chi connectivity index (χ1n) is 12.4. The monoisotopic (exact) mass is 528 g/mol. The third kappa shape index (κ3) is 6.23. The maximum Gasteiger partial charge on any atom is 0.319 e. The number of rotatable bonds is 7. The molecular weight excluding hydrogens is 499 g/mol. The van der Waals surface area contributed by atoms with Gasteiger partial charge < -0.3 is 25.0 Å². The van der Waals surface area contributed by atoms with Crippen LogP contribution in [0.5, 0.6) is 5.75 Å². The van der Waals surface area contributed by atoms with Crippen LogP contribution in [-0.4, -0.2) is 73.3 Å². The molecule has 37 heavy (non-hydrogen) atoms. The molecule has 3 amide bonds. The van der Waals surface area contributed by atoms with Gasteiger partial charge in [-0.3, -0.25) is 9.69 Å². The Balaban J connectivity index is 1.29. The summed E-state index contributed by atoms with van der Waals surface area (Å²) in [7, 11) is 1.51. The second kappa shape index (κ2) is 11.1. The van der Waals surface area contributed by atoms with Crippen molar-refractivity contribution in [1.29, 1.82) is 0 Å². The summed E-state index contributed by atoms with van der Waals surface area (Å²) >= 11 is 6.30. The molecule has 2 N–H and O–H groups in total. The molecule has 2 atom stereocenters. The standard InChI is InChI=1S/C27H30ClFN4O4/c1-36-25-10-18(24(11-23(25)28)31-27(35)30-20-7-8-20)4-9-26(34)33-21-13-32(14-22(33)16-37-15-21)12-17-2-5-19(29)6-3-17/h2-6,9-11,20-22H,7-8,12-16H2,1H3,(H2,30,31,35). The highest BCUT2D eigenvalue weighted by Gasteiger charge is 2.40. The normalized spacial score (nSPS) is 21.6. The first-order chi connectivity index (χ1) is 17.9. The molecule has 3 aliphatic rings. The molecule has 8 nitrogen and oxygen atoms in total. The van der Waals surface area contributed by atoms with E-state index in [1.54, 1.807) is 30.3 Å². The molecule has 1 aliphatic carbocycles. The molecule has 2 saturated heterocycles. The van der Waals surface area contributed by atoms with Gasteiger partial charge in [-0.1, -0.05) is 23.7 Å². The van der Waals surface area contributed by atoms with Crippen LogP contribution in [0.15, 0.2) is 42.5 Å². The molecule has 5 rings (SSSR count). The minimum absolute atomic E-state index is 0.0910. The van der Waals surface area contributed by atoms with Gasteiger partial charge in [0.2, 0.25) is 5.91 Å². The van der Waals surface area contributed by atoms with Crippen LogP contribution in [0.3, 0.4) is 0 Å². The first-order valence-corrected chi connectivity index (χ1v) is 12.8. The van der Waals surface area contributed by atoms with Gasteiger partial charge in [0.1, 0.15) is 11.6 Å². The Hall–Kier alpha value is -3.14. The van der Waals surface area contributed by atoms with Crippen LogP contribution in [-0.2, 0) is 16.1 Å². The number of carbonyl (C=O) groups excluding carboxylic acids is 2. The Morgan fingerprint density at radius 3 is 2.51 bits per heavy atom. The molecule has 2 aromatic carbocycles. The van der Waals surface area contributed by atoms with Gasteiger partial charge in [0, 0.05) is 37.3 Å². The molecule has 0 radical (unpaired) electrons. The van der Waals surface area contributed by atoms with E-state index in [0.29, 0.717) is 54.9 Å². The number of urea groups is 1. The number of hydrogen-bond donors (Lipinski definition) is 2. The number of hydrogen-bond acceptors (Lipinski definition) is 5. The fourth-order valence-corrected chi connectivity index (χ4v) is 5.12. The average Bonchev–Trinajstić information content (AvgIpc) is 3.68. The summed E-state index contributed by atoms with van der Waals surface area (Å²) in [5.74, 6) is 0.0695. The second-order valence-corrected chi connectivity index (χ2v) is 10.1. The third-order valence-corrected chi connectivity index (χ3v) is 7.10. The lowest BCUT2D eigenvalue weighted by Gasteiger charge is -2.49. The zero-order valence-electron chi connectivity index (χ0n) is 20.6. The molecule has 2 heterocycles. The van der Waals surface area contributed by atoms with Crippen molar-refractivity contribution in [2.45, 2.75) is 37.5 Å². The summed E-state index contributed by atoms with van der Waals surface area (Å²) in [6.07, 6.45) is 5.14. The molecule has 1 saturated carbocycles. The van der Waals surface area contributed by atoms with Gasteiger partial charge in [-0.05, 0) is 48.7 Å². The highest BCUT2D eigenvalue weighted by atomic mass is 35.5. The lowest BCUT2D eigenvalue weighted by Crippen LogP contribution is -2.65. The van der Waals surface area contributed by atoms with E-state index < -0.39 is 0 Å². The number of piperazine rings is 1. The number of halogens is 2. The van der Waals surface area contributed by atoms with Crippen LogP contribution >= 0.6 is 11.6 Å². The highest BCUT2D eigenvalue weighted by Crippen LogP contribution is 2.32. The van der Waals surface area contributed by atoms with Crippen molar-refractivity contribution in [3.63, 3.8) is 0 Å². The molecular formula is C27H30ClFN4O4. The van der Waals surface area contributed by atoms with E-state index in [0.717, 1.165) is 18.4 Å². The Bertz CT molecular complexity index is 1170. The van der Waals surface area contributed by atoms with E-state index in [1.807, 2.05) is 4.90 Å². The zero-order chi connectivity index (χ0) is 25.9. The van der Waals surface area contributed by atoms with Crippen molar-refractivity contribution >= 4 is 35.3 Å². The van der Waals surface area contributed by atoms with Crippen LogP contribution in [0.2, 0.25) is 5.02 Å². The Morgan fingerprint density at radius 2 is 1.86 bits per heavy atom. The van der Waals surface area contributed by atoms with E-state index in [1.165, 1.54) is 25.3 Å². The molecule has 0 aromatic heterocycles. The van der Waals surface area contributed by atoms with Crippen molar-refractivity contribution in [3.05, 3.63) is 64.4 Å². The highest BCUT2D eigenvalue weighted by molar-refractivity contribution is 6.32.